The van der Waals surface area contributed by atoms with Crippen molar-refractivity contribution in [3.8, 4) is 11.1 Å². The van der Waals surface area contributed by atoms with Crippen LogP contribution in [-0.4, -0.2) is 14.9 Å². The van der Waals surface area contributed by atoms with Gasteiger partial charge in [0.2, 0.25) is 0 Å². The fourth-order valence-electron chi connectivity index (χ4n) is 9.68. The Kier molecular flexibility index (Phi) is 8.15. The summed E-state index contributed by atoms with van der Waals surface area (Å²) < 4.78 is 7.75. The van der Waals surface area contributed by atoms with Crippen molar-refractivity contribution in [2.75, 3.05) is 6.61 Å². The first kappa shape index (κ1) is 31.7. The van der Waals surface area contributed by atoms with Gasteiger partial charge in [-0.1, -0.05) is 195 Å². The Bertz CT molecular complexity index is 2250. The number of fused-ring (bicyclic) bond motifs is 5. The molecule has 0 heterocycles. The van der Waals surface area contributed by atoms with Crippen molar-refractivity contribution in [3.63, 3.8) is 0 Å². The van der Waals surface area contributed by atoms with Crippen LogP contribution < -0.4 is 26.0 Å². The zero-order valence-electron chi connectivity index (χ0n) is 29.1. The van der Waals surface area contributed by atoms with Crippen LogP contribution in [0.4, 0.5) is 0 Å². The predicted octanol–water partition coefficient (Wildman–Crippen LogP) is 8.03. The molecule has 0 bridgehead atoms. The normalized spacial score (nSPS) is 17.1. The highest BCUT2D eigenvalue weighted by molar-refractivity contribution is 7.07. The second-order valence-corrected chi connectivity index (χ2v) is 17.5. The Labute approximate surface area is 302 Å². The quantitative estimate of drug-likeness (QED) is 0.106. The lowest BCUT2D eigenvalue weighted by atomic mass is 9.59. The number of hydrogen-bond acceptors (Lipinski definition) is 1. The molecule has 2 unspecified atom stereocenters. The van der Waals surface area contributed by atoms with Gasteiger partial charge in [0.1, 0.15) is 0 Å². The summed E-state index contributed by atoms with van der Waals surface area (Å²) in [6.07, 6.45) is 11.1. The van der Waals surface area contributed by atoms with Crippen LogP contribution in [-0.2, 0) is 4.43 Å². The predicted molar refractivity (Wildman–Crippen MR) is 215 cm³/mol. The Morgan fingerprint density at radius 3 is 1.59 bits per heavy atom. The van der Waals surface area contributed by atoms with Gasteiger partial charge in [-0.25, -0.2) is 0 Å². The summed E-state index contributed by atoms with van der Waals surface area (Å²) in [7, 11) is -2.90. The smallest absolute Gasteiger partial charge is 0.288 e. The maximum atomic E-state index is 7.75. The van der Waals surface area contributed by atoms with E-state index in [1.807, 2.05) is 0 Å². The molecule has 0 radical (unpaired) electrons. The highest BCUT2D eigenvalue weighted by Crippen LogP contribution is 2.61. The van der Waals surface area contributed by atoms with Gasteiger partial charge >= 0.3 is 0 Å². The summed E-state index contributed by atoms with van der Waals surface area (Å²) in [6.45, 7) is 3.06. The summed E-state index contributed by atoms with van der Waals surface area (Å²) in [5.74, 6) is 0.424. The second-order valence-electron chi connectivity index (χ2n) is 14.1. The summed E-state index contributed by atoms with van der Waals surface area (Å²) in [4.78, 5) is 0. The maximum absolute atomic E-state index is 7.75. The Morgan fingerprint density at radius 2 is 1.04 bits per heavy atom. The summed E-state index contributed by atoms with van der Waals surface area (Å²) >= 11 is 0. The van der Waals surface area contributed by atoms with Crippen molar-refractivity contribution in [2.45, 2.75) is 25.7 Å². The fourth-order valence-corrected chi connectivity index (χ4v) is 13.6. The summed E-state index contributed by atoms with van der Waals surface area (Å²) in [6, 6.07) is 60.5. The minimum atomic E-state index is -2.90. The molecular weight excluding hydrogens is 633 g/mol. The molecule has 0 N–H and O–H groups in total. The van der Waals surface area contributed by atoms with Crippen LogP contribution in [0.15, 0.2) is 188 Å². The fraction of sp³-hybridized carbons (Fsp3) is 0.143. The lowest BCUT2D eigenvalue weighted by Gasteiger charge is -2.45. The molecule has 51 heavy (non-hydrogen) atoms. The minimum absolute atomic E-state index is 0.196. The van der Waals surface area contributed by atoms with Gasteiger partial charge in [0.25, 0.3) is 8.32 Å². The number of rotatable bonds is 10. The van der Waals surface area contributed by atoms with E-state index in [-0.39, 0.29) is 17.3 Å². The average molecular weight is 675 g/mol. The first-order valence-corrected chi connectivity index (χ1v) is 20.3. The lowest BCUT2D eigenvalue weighted by molar-refractivity contribution is 0.218. The molecule has 0 saturated heterocycles. The molecule has 0 amide bonds. The number of allylic oxidation sites excluding steroid dienone is 4. The standard InChI is InChI=1S/C49H42OSi/c1-2-49(47-43-30-16-12-26-39(43)40-27-13-17-31-44(40)47,48-45-32-18-14-28-41(45)42-29-15-19-33-46(42)48)34-35-50-51(36-20-6-3-7-21-36,37-22-8-4-9-23-37)38-24-10-5-11-25-38/h3-33,43,48H,2,34-35H2,1H3. The first-order valence-electron chi connectivity index (χ1n) is 18.4. The molecule has 3 aliphatic carbocycles. The van der Waals surface area contributed by atoms with Gasteiger partial charge in [0, 0.05) is 23.9 Å². The Morgan fingerprint density at radius 1 is 0.549 bits per heavy atom. The Hall–Kier alpha value is -5.28. The van der Waals surface area contributed by atoms with Gasteiger partial charge in [-0.3, -0.25) is 0 Å². The van der Waals surface area contributed by atoms with Crippen molar-refractivity contribution in [1.82, 2.24) is 0 Å². The molecule has 2 atom stereocenters. The van der Waals surface area contributed by atoms with Crippen LogP contribution in [0.1, 0.15) is 36.8 Å². The van der Waals surface area contributed by atoms with Crippen molar-refractivity contribution in [3.05, 3.63) is 210 Å². The van der Waals surface area contributed by atoms with E-state index in [0.29, 0.717) is 6.61 Å². The molecule has 1 nitrogen and oxygen atoms in total. The maximum Gasteiger partial charge on any atom is 0.288 e. The van der Waals surface area contributed by atoms with Gasteiger partial charge in [0.15, 0.2) is 0 Å². The van der Waals surface area contributed by atoms with Gasteiger partial charge in [-0.05, 0) is 72.2 Å². The molecule has 3 aliphatic rings. The second kappa shape index (κ2) is 13.1. The van der Waals surface area contributed by atoms with E-state index in [0.717, 1.165) is 12.8 Å². The summed E-state index contributed by atoms with van der Waals surface area (Å²) in [5, 5.41) is 6.59. The van der Waals surface area contributed by atoms with Crippen molar-refractivity contribution < 1.29 is 4.43 Å². The van der Waals surface area contributed by atoms with Gasteiger partial charge in [0.05, 0.1) is 0 Å². The lowest BCUT2D eigenvalue weighted by Crippen LogP contribution is -2.69. The molecule has 0 spiro atoms. The van der Waals surface area contributed by atoms with Crippen molar-refractivity contribution >= 4 is 35.0 Å². The van der Waals surface area contributed by atoms with E-state index in [9.17, 15) is 0 Å². The van der Waals surface area contributed by atoms with E-state index in [2.05, 4.69) is 195 Å². The number of hydrogen-bond donors (Lipinski definition) is 0. The topological polar surface area (TPSA) is 9.23 Å². The van der Waals surface area contributed by atoms with Crippen LogP contribution in [0.3, 0.4) is 0 Å². The van der Waals surface area contributed by atoms with E-state index in [4.69, 9.17) is 4.43 Å². The Balaban J connectivity index is 1.26. The van der Waals surface area contributed by atoms with Gasteiger partial charge < -0.3 is 4.43 Å². The van der Waals surface area contributed by atoms with Crippen LogP contribution in [0.5, 0.6) is 0 Å². The van der Waals surface area contributed by atoms with Crippen LogP contribution >= 0.6 is 0 Å². The van der Waals surface area contributed by atoms with E-state index in [1.165, 1.54) is 53.8 Å². The third kappa shape index (κ3) is 5.00. The zero-order chi connectivity index (χ0) is 34.3. The third-order valence-electron chi connectivity index (χ3n) is 11.8. The molecule has 0 saturated carbocycles. The molecule has 9 rings (SSSR count). The minimum Gasteiger partial charge on any atom is -0.404 e. The molecule has 248 valence electrons. The molecule has 6 aromatic rings. The third-order valence-corrected chi connectivity index (χ3v) is 15.9. The molecule has 0 aliphatic heterocycles. The van der Waals surface area contributed by atoms with Gasteiger partial charge in [-0.15, -0.1) is 0 Å². The molecule has 0 aromatic heterocycles. The van der Waals surface area contributed by atoms with Crippen molar-refractivity contribution in [2.24, 2.45) is 11.3 Å². The van der Waals surface area contributed by atoms with E-state index in [1.54, 1.807) is 5.57 Å². The van der Waals surface area contributed by atoms with Crippen molar-refractivity contribution in [1.29, 1.82) is 0 Å². The number of benzene rings is 6. The van der Waals surface area contributed by atoms with E-state index < -0.39 is 8.32 Å². The van der Waals surface area contributed by atoms with E-state index >= 15 is 0 Å². The molecule has 6 aromatic carbocycles. The van der Waals surface area contributed by atoms with Crippen LogP contribution in [0, 0.1) is 11.3 Å². The van der Waals surface area contributed by atoms with Crippen LogP contribution in [0.2, 0.25) is 0 Å². The first-order chi connectivity index (χ1) is 25.3. The average Bonchev–Trinajstić information content (AvgIpc) is 3.73. The molecular formula is C49H42OSi. The molecule has 2 heteroatoms. The SMILES string of the molecule is CCC(CCO[Si](c1ccccc1)(c1ccccc1)c1ccccc1)(C1=c2ccccc2=C2C=CC=CC21)C1c2ccccc2-c2ccccc21. The highest BCUT2D eigenvalue weighted by Gasteiger charge is 2.50. The van der Waals surface area contributed by atoms with Gasteiger partial charge in [-0.2, -0.15) is 0 Å². The molecule has 0 fully saturated rings. The highest BCUT2D eigenvalue weighted by atomic mass is 28.4. The van der Waals surface area contributed by atoms with Crippen LogP contribution in [0.25, 0.3) is 22.3 Å². The monoisotopic (exact) mass is 674 g/mol. The summed E-state index contributed by atoms with van der Waals surface area (Å²) in [5.41, 5.74) is 8.36. The zero-order valence-corrected chi connectivity index (χ0v) is 30.1. The largest absolute Gasteiger partial charge is 0.404 e.